The number of tetrazole rings is 1. The molecule has 6 nitrogen and oxygen atoms in total. The molecule has 2 aromatic heterocycles. The lowest BCUT2D eigenvalue weighted by Gasteiger charge is -2.11. The number of aromatic nitrogens is 5. The molecule has 0 saturated heterocycles. The van der Waals surface area contributed by atoms with Gasteiger partial charge in [-0.2, -0.15) is 4.80 Å². The van der Waals surface area contributed by atoms with Crippen molar-refractivity contribution >= 4 is 0 Å². The summed E-state index contributed by atoms with van der Waals surface area (Å²) in [5.41, 5.74) is 0.949. The van der Waals surface area contributed by atoms with Crippen LogP contribution in [0.2, 0.25) is 0 Å². The predicted octanol–water partition coefficient (Wildman–Crippen LogP) is -0.0436. The standard InChI is InChI=1S/C10H14N6/c1-11-7-8(9-5-3-4-6-12-9)10-13-15-16(2)14-10/h3-6,8,11H,7H2,1-2H3. The number of nitrogens with one attached hydrogen (secondary N) is 1. The van der Waals surface area contributed by atoms with Gasteiger partial charge in [-0.3, -0.25) is 4.98 Å². The van der Waals surface area contributed by atoms with Gasteiger partial charge in [0.05, 0.1) is 18.7 Å². The summed E-state index contributed by atoms with van der Waals surface area (Å²) in [6, 6.07) is 5.82. The number of rotatable bonds is 4. The van der Waals surface area contributed by atoms with E-state index in [1.807, 2.05) is 25.2 Å². The number of hydrogen-bond donors (Lipinski definition) is 1. The molecule has 6 heteroatoms. The Kier molecular flexibility index (Phi) is 3.21. The third-order valence-corrected chi connectivity index (χ3v) is 2.29. The van der Waals surface area contributed by atoms with E-state index < -0.39 is 0 Å². The van der Waals surface area contributed by atoms with Crippen molar-refractivity contribution in [3.63, 3.8) is 0 Å². The van der Waals surface area contributed by atoms with Crippen molar-refractivity contribution in [3.05, 3.63) is 35.9 Å². The molecule has 2 heterocycles. The Bertz CT molecular complexity index is 438. The van der Waals surface area contributed by atoms with E-state index in [1.165, 1.54) is 4.80 Å². The lowest BCUT2D eigenvalue weighted by Crippen LogP contribution is -2.20. The highest BCUT2D eigenvalue weighted by Gasteiger charge is 2.19. The zero-order valence-electron chi connectivity index (χ0n) is 9.33. The summed E-state index contributed by atoms with van der Waals surface area (Å²) < 4.78 is 0. The second-order valence-corrected chi connectivity index (χ2v) is 3.50. The molecule has 0 spiro atoms. The smallest absolute Gasteiger partial charge is 0.185 e. The van der Waals surface area contributed by atoms with Gasteiger partial charge in [0, 0.05) is 12.7 Å². The summed E-state index contributed by atoms with van der Waals surface area (Å²) in [7, 11) is 3.65. The average molecular weight is 218 g/mol. The molecule has 1 atom stereocenters. The molecule has 2 aromatic rings. The minimum absolute atomic E-state index is 0.0416. The summed E-state index contributed by atoms with van der Waals surface area (Å²) in [5.74, 6) is 0.732. The van der Waals surface area contributed by atoms with Crippen LogP contribution in [0.4, 0.5) is 0 Å². The molecule has 0 amide bonds. The maximum Gasteiger partial charge on any atom is 0.185 e. The summed E-state index contributed by atoms with van der Waals surface area (Å²) >= 11 is 0. The highest BCUT2D eigenvalue weighted by molar-refractivity contribution is 5.17. The molecular weight excluding hydrogens is 204 g/mol. The van der Waals surface area contributed by atoms with E-state index in [2.05, 4.69) is 25.7 Å². The summed E-state index contributed by atoms with van der Waals surface area (Å²) in [5, 5.41) is 15.2. The van der Waals surface area contributed by atoms with Crippen molar-refractivity contribution in [3.8, 4) is 0 Å². The number of pyridine rings is 1. The molecule has 0 aromatic carbocycles. The van der Waals surface area contributed by atoms with E-state index in [0.717, 1.165) is 12.2 Å². The molecule has 0 bridgehead atoms. The fourth-order valence-corrected chi connectivity index (χ4v) is 1.55. The minimum Gasteiger partial charge on any atom is -0.319 e. The van der Waals surface area contributed by atoms with E-state index in [0.29, 0.717) is 5.82 Å². The minimum atomic E-state index is 0.0416. The zero-order valence-corrected chi connectivity index (χ0v) is 9.33. The first-order valence-electron chi connectivity index (χ1n) is 5.10. The molecule has 16 heavy (non-hydrogen) atoms. The lowest BCUT2D eigenvalue weighted by atomic mass is 10.0. The summed E-state index contributed by atoms with van der Waals surface area (Å²) in [6.07, 6.45) is 1.77. The Morgan fingerprint density at radius 1 is 1.44 bits per heavy atom. The van der Waals surface area contributed by atoms with Crippen LogP contribution in [-0.4, -0.2) is 38.8 Å². The van der Waals surface area contributed by atoms with E-state index in [-0.39, 0.29) is 5.92 Å². The first-order chi connectivity index (χ1) is 7.81. The van der Waals surface area contributed by atoms with Crippen LogP contribution in [0, 0.1) is 0 Å². The Balaban J connectivity index is 2.31. The van der Waals surface area contributed by atoms with Crippen molar-refractivity contribution < 1.29 is 0 Å². The van der Waals surface area contributed by atoms with Gasteiger partial charge >= 0.3 is 0 Å². The number of nitrogens with zero attached hydrogens (tertiary/aromatic N) is 5. The Labute approximate surface area is 93.7 Å². The molecule has 1 N–H and O–H groups in total. The van der Waals surface area contributed by atoms with Gasteiger partial charge in [-0.1, -0.05) is 6.07 Å². The fraction of sp³-hybridized carbons (Fsp3) is 0.400. The number of likely N-dealkylation sites (N-methyl/N-ethyl adjacent to an activating group) is 1. The molecule has 0 saturated carbocycles. The highest BCUT2D eigenvalue weighted by atomic mass is 15.6. The van der Waals surface area contributed by atoms with Gasteiger partial charge in [0.15, 0.2) is 5.82 Å². The van der Waals surface area contributed by atoms with E-state index in [1.54, 1.807) is 13.2 Å². The van der Waals surface area contributed by atoms with Crippen LogP contribution in [0.3, 0.4) is 0 Å². The second-order valence-electron chi connectivity index (χ2n) is 3.50. The molecule has 0 aliphatic carbocycles. The van der Waals surface area contributed by atoms with E-state index in [9.17, 15) is 0 Å². The van der Waals surface area contributed by atoms with Gasteiger partial charge < -0.3 is 5.32 Å². The lowest BCUT2D eigenvalue weighted by molar-refractivity contribution is 0.616. The van der Waals surface area contributed by atoms with Crippen molar-refractivity contribution in [2.75, 3.05) is 13.6 Å². The van der Waals surface area contributed by atoms with Crippen molar-refractivity contribution in [2.45, 2.75) is 5.92 Å². The van der Waals surface area contributed by atoms with Crippen LogP contribution < -0.4 is 5.32 Å². The first kappa shape index (κ1) is 10.7. The molecule has 1 unspecified atom stereocenters. The molecule has 84 valence electrons. The SMILES string of the molecule is CNCC(c1ccccn1)c1nnn(C)n1. The Morgan fingerprint density at radius 2 is 2.31 bits per heavy atom. The van der Waals surface area contributed by atoms with Crippen LogP contribution in [0.25, 0.3) is 0 Å². The van der Waals surface area contributed by atoms with E-state index in [4.69, 9.17) is 0 Å². The van der Waals surface area contributed by atoms with Crippen molar-refractivity contribution in [1.82, 2.24) is 30.5 Å². The maximum atomic E-state index is 4.33. The van der Waals surface area contributed by atoms with Gasteiger partial charge in [-0.05, 0) is 24.4 Å². The van der Waals surface area contributed by atoms with Crippen LogP contribution >= 0.6 is 0 Å². The molecule has 0 aliphatic rings. The van der Waals surface area contributed by atoms with Crippen molar-refractivity contribution in [1.29, 1.82) is 0 Å². The summed E-state index contributed by atoms with van der Waals surface area (Å²) in [6.45, 7) is 0.739. The molecule has 0 aliphatic heterocycles. The maximum absolute atomic E-state index is 4.33. The number of aryl methyl sites for hydroxylation is 1. The summed E-state index contributed by atoms with van der Waals surface area (Å²) in [4.78, 5) is 5.79. The monoisotopic (exact) mass is 218 g/mol. The number of hydrogen-bond acceptors (Lipinski definition) is 5. The van der Waals surface area contributed by atoms with Gasteiger partial charge in [-0.15, -0.1) is 10.2 Å². The Hall–Kier alpha value is -1.82. The van der Waals surface area contributed by atoms with Gasteiger partial charge in [0.2, 0.25) is 0 Å². The predicted molar refractivity (Wildman–Crippen MR) is 58.8 cm³/mol. The molecular formula is C10H14N6. The van der Waals surface area contributed by atoms with Crippen LogP contribution in [-0.2, 0) is 7.05 Å². The van der Waals surface area contributed by atoms with Crippen LogP contribution in [0.5, 0.6) is 0 Å². The average Bonchev–Trinajstić information content (AvgIpc) is 2.74. The normalized spacial score (nSPS) is 12.6. The Morgan fingerprint density at radius 3 is 2.88 bits per heavy atom. The fourth-order valence-electron chi connectivity index (χ4n) is 1.55. The van der Waals surface area contributed by atoms with Gasteiger partial charge in [-0.25, -0.2) is 0 Å². The quantitative estimate of drug-likeness (QED) is 0.779. The third-order valence-electron chi connectivity index (χ3n) is 2.29. The van der Waals surface area contributed by atoms with Gasteiger partial charge in [0.25, 0.3) is 0 Å². The second kappa shape index (κ2) is 4.80. The largest absolute Gasteiger partial charge is 0.319 e. The van der Waals surface area contributed by atoms with Crippen molar-refractivity contribution in [2.24, 2.45) is 7.05 Å². The third kappa shape index (κ3) is 2.22. The molecule has 0 fully saturated rings. The van der Waals surface area contributed by atoms with E-state index >= 15 is 0 Å². The van der Waals surface area contributed by atoms with Crippen LogP contribution in [0.15, 0.2) is 24.4 Å². The highest BCUT2D eigenvalue weighted by Crippen LogP contribution is 2.17. The van der Waals surface area contributed by atoms with Crippen LogP contribution in [0.1, 0.15) is 17.4 Å². The molecule has 0 radical (unpaired) electrons. The molecule has 2 rings (SSSR count). The topological polar surface area (TPSA) is 68.5 Å². The first-order valence-corrected chi connectivity index (χ1v) is 5.10. The van der Waals surface area contributed by atoms with Gasteiger partial charge in [0.1, 0.15) is 0 Å². The zero-order chi connectivity index (χ0) is 11.4.